The number of hydrogen-bond donors (Lipinski definition) is 1. The lowest BCUT2D eigenvalue weighted by Crippen LogP contribution is -2.18. The maximum absolute atomic E-state index is 10.8. The highest BCUT2D eigenvalue weighted by atomic mass is 16.1. The Hall–Kier alpha value is -1.12. The molecule has 0 rings (SSSR count). The second-order valence-electron chi connectivity index (χ2n) is 1.84. The van der Waals surface area contributed by atoms with Crippen molar-refractivity contribution in [3.05, 3.63) is 11.6 Å². The van der Waals surface area contributed by atoms with E-state index in [1.54, 1.807) is 33.3 Å². The minimum absolute atomic E-state index is 0.0695. The zero-order valence-corrected chi connectivity index (χ0v) is 8.51. The van der Waals surface area contributed by atoms with Gasteiger partial charge in [0.25, 0.3) is 0 Å². The number of aliphatic imine (C=N–C) groups is 1. The van der Waals surface area contributed by atoms with Crippen molar-refractivity contribution in [1.29, 1.82) is 0 Å². The van der Waals surface area contributed by atoms with Crippen LogP contribution in [0.25, 0.3) is 0 Å². The molecule has 0 unspecified atom stereocenters. The molecular formula is C9H18N2O. The van der Waals surface area contributed by atoms with Gasteiger partial charge < -0.3 is 5.32 Å². The zero-order chi connectivity index (χ0) is 9.98. The molecule has 0 saturated carbocycles. The molecule has 70 valence electrons. The van der Waals surface area contributed by atoms with E-state index in [9.17, 15) is 4.79 Å². The molecule has 0 aliphatic heterocycles. The Morgan fingerprint density at radius 3 is 2.25 bits per heavy atom. The smallest absolute Gasteiger partial charge is 0.246 e. The molecule has 0 spiro atoms. The number of nitrogens with zero attached hydrogens (tertiary/aromatic N) is 1. The van der Waals surface area contributed by atoms with E-state index in [1.807, 2.05) is 13.8 Å². The number of rotatable bonds is 2. The molecule has 0 aliphatic carbocycles. The summed E-state index contributed by atoms with van der Waals surface area (Å²) in [4.78, 5) is 14.5. The van der Waals surface area contributed by atoms with Crippen LogP contribution < -0.4 is 5.32 Å². The minimum atomic E-state index is -0.0695. The van der Waals surface area contributed by atoms with Gasteiger partial charge in [0.15, 0.2) is 0 Å². The largest absolute Gasteiger partial charge is 0.355 e. The van der Waals surface area contributed by atoms with Gasteiger partial charge in [-0.15, -0.1) is 0 Å². The van der Waals surface area contributed by atoms with Crippen LogP contribution in [0.5, 0.6) is 0 Å². The van der Waals surface area contributed by atoms with Crippen molar-refractivity contribution in [1.82, 2.24) is 5.32 Å². The van der Waals surface area contributed by atoms with Gasteiger partial charge in [-0.1, -0.05) is 13.8 Å². The Labute approximate surface area is 74.6 Å². The van der Waals surface area contributed by atoms with Gasteiger partial charge in [0.05, 0.1) is 0 Å². The lowest BCUT2D eigenvalue weighted by Gasteiger charge is -1.94. The van der Waals surface area contributed by atoms with E-state index >= 15 is 0 Å². The van der Waals surface area contributed by atoms with Gasteiger partial charge in [0, 0.05) is 25.9 Å². The summed E-state index contributed by atoms with van der Waals surface area (Å²) < 4.78 is 0. The number of amides is 1. The van der Waals surface area contributed by atoms with E-state index in [0.717, 1.165) is 0 Å². The van der Waals surface area contributed by atoms with Crippen molar-refractivity contribution >= 4 is 12.1 Å². The van der Waals surface area contributed by atoms with Crippen LogP contribution in [0.2, 0.25) is 0 Å². The van der Waals surface area contributed by atoms with E-state index in [2.05, 4.69) is 10.3 Å². The Balaban J connectivity index is 0. The predicted molar refractivity (Wildman–Crippen MR) is 53.6 cm³/mol. The quantitative estimate of drug-likeness (QED) is 0.494. The van der Waals surface area contributed by atoms with Crippen molar-refractivity contribution < 1.29 is 4.79 Å². The molecule has 0 heterocycles. The third-order valence-corrected chi connectivity index (χ3v) is 1.06. The van der Waals surface area contributed by atoms with E-state index in [-0.39, 0.29) is 5.91 Å². The maximum atomic E-state index is 10.8. The first-order valence-electron chi connectivity index (χ1n) is 4.03. The summed E-state index contributed by atoms with van der Waals surface area (Å²) in [5.74, 6) is -0.0695. The van der Waals surface area contributed by atoms with E-state index in [1.165, 1.54) is 0 Å². The fourth-order valence-electron chi connectivity index (χ4n) is 0.459. The summed E-state index contributed by atoms with van der Waals surface area (Å²) >= 11 is 0. The average molecular weight is 170 g/mol. The van der Waals surface area contributed by atoms with Crippen LogP contribution in [-0.2, 0) is 4.79 Å². The lowest BCUT2D eigenvalue weighted by atomic mass is 10.3. The monoisotopic (exact) mass is 170 g/mol. The highest BCUT2D eigenvalue weighted by Gasteiger charge is 1.96. The Morgan fingerprint density at radius 2 is 1.92 bits per heavy atom. The molecule has 3 nitrogen and oxygen atoms in total. The fourth-order valence-corrected chi connectivity index (χ4v) is 0.459. The molecular weight excluding hydrogens is 152 g/mol. The molecule has 12 heavy (non-hydrogen) atoms. The van der Waals surface area contributed by atoms with Gasteiger partial charge in [0.1, 0.15) is 0 Å². The van der Waals surface area contributed by atoms with Crippen LogP contribution in [0, 0.1) is 0 Å². The number of nitrogens with one attached hydrogen (secondary N) is 1. The summed E-state index contributed by atoms with van der Waals surface area (Å²) in [6.45, 7) is 5.74. The molecule has 0 aromatic carbocycles. The summed E-state index contributed by atoms with van der Waals surface area (Å²) in [6, 6.07) is 0. The molecule has 0 radical (unpaired) electrons. The molecule has 0 aliphatic rings. The summed E-state index contributed by atoms with van der Waals surface area (Å²) in [5.41, 5.74) is 0.660. The van der Waals surface area contributed by atoms with Crippen molar-refractivity contribution in [3.63, 3.8) is 0 Å². The number of allylic oxidation sites excluding steroid dienone is 1. The van der Waals surface area contributed by atoms with Gasteiger partial charge >= 0.3 is 0 Å². The molecule has 3 heteroatoms. The van der Waals surface area contributed by atoms with Crippen LogP contribution in [0.1, 0.15) is 20.8 Å². The fraction of sp³-hybridized carbons (Fsp3) is 0.556. The molecule has 0 bridgehead atoms. The molecule has 0 aromatic heterocycles. The third-order valence-electron chi connectivity index (χ3n) is 1.06. The van der Waals surface area contributed by atoms with Gasteiger partial charge in [-0.2, -0.15) is 0 Å². The zero-order valence-electron chi connectivity index (χ0n) is 8.51. The Morgan fingerprint density at radius 1 is 1.42 bits per heavy atom. The average Bonchev–Trinajstić information content (AvgIpc) is 2.16. The van der Waals surface area contributed by atoms with Crippen LogP contribution >= 0.6 is 0 Å². The van der Waals surface area contributed by atoms with E-state index < -0.39 is 0 Å². The number of likely N-dealkylation sites (N-methyl/N-ethyl adjacent to an activating group) is 1. The van der Waals surface area contributed by atoms with Gasteiger partial charge in [-0.25, -0.2) is 0 Å². The standard InChI is InChI=1S/C7H12N2O.C2H6/c1-6(4-5-8-2)7(10)9-3;1-2/h4-5H,1-3H3,(H,9,10);1-2H3/b6-4+,8-5?;. The Kier molecular flexibility index (Phi) is 11.1. The molecule has 1 N–H and O–H groups in total. The van der Waals surface area contributed by atoms with Crippen molar-refractivity contribution in [2.24, 2.45) is 4.99 Å². The van der Waals surface area contributed by atoms with Crippen molar-refractivity contribution in [2.45, 2.75) is 20.8 Å². The van der Waals surface area contributed by atoms with Crippen LogP contribution in [0.15, 0.2) is 16.6 Å². The van der Waals surface area contributed by atoms with E-state index in [0.29, 0.717) is 5.57 Å². The predicted octanol–water partition coefficient (Wildman–Crippen LogP) is 1.41. The lowest BCUT2D eigenvalue weighted by molar-refractivity contribution is -0.116. The highest BCUT2D eigenvalue weighted by molar-refractivity contribution is 5.96. The second-order valence-corrected chi connectivity index (χ2v) is 1.84. The topological polar surface area (TPSA) is 41.5 Å². The molecule has 0 atom stereocenters. The first kappa shape index (κ1) is 13.5. The first-order chi connectivity index (χ1) is 5.72. The molecule has 1 amide bonds. The molecule has 0 saturated heterocycles. The number of carbonyl (C=O) groups excluding carboxylic acids is 1. The maximum Gasteiger partial charge on any atom is 0.246 e. The first-order valence-corrected chi connectivity index (χ1v) is 4.03. The Bertz CT molecular complexity index is 171. The highest BCUT2D eigenvalue weighted by Crippen LogP contribution is 1.88. The minimum Gasteiger partial charge on any atom is -0.355 e. The normalized spacial score (nSPS) is 10.6. The summed E-state index contributed by atoms with van der Waals surface area (Å²) in [6.07, 6.45) is 3.25. The summed E-state index contributed by atoms with van der Waals surface area (Å²) in [7, 11) is 3.26. The van der Waals surface area contributed by atoms with Crippen molar-refractivity contribution in [2.75, 3.05) is 14.1 Å². The molecule has 0 aromatic rings. The summed E-state index contributed by atoms with van der Waals surface area (Å²) in [5, 5.41) is 2.50. The van der Waals surface area contributed by atoms with Crippen LogP contribution in [0.4, 0.5) is 0 Å². The molecule has 0 fully saturated rings. The van der Waals surface area contributed by atoms with Gasteiger partial charge in [-0.3, -0.25) is 9.79 Å². The number of hydrogen-bond acceptors (Lipinski definition) is 2. The van der Waals surface area contributed by atoms with Gasteiger partial charge in [-0.05, 0) is 13.0 Å². The number of carbonyl (C=O) groups is 1. The third kappa shape index (κ3) is 6.99. The van der Waals surface area contributed by atoms with E-state index in [4.69, 9.17) is 0 Å². The second kappa shape index (κ2) is 9.88. The van der Waals surface area contributed by atoms with Gasteiger partial charge in [0.2, 0.25) is 5.91 Å². The SMILES string of the molecule is CC.CN=C/C=C(\C)C(=O)NC. The van der Waals surface area contributed by atoms with Crippen LogP contribution in [-0.4, -0.2) is 26.2 Å². The van der Waals surface area contributed by atoms with Crippen molar-refractivity contribution in [3.8, 4) is 0 Å². The van der Waals surface area contributed by atoms with Crippen LogP contribution in [0.3, 0.4) is 0 Å².